The summed E-state index contributed by atoms with van der Waals surface area (Å²) in [5, 5.41) is 5.17. The zero-order valence-electron chi connectivity index (χ0n) is 21.8. The van der Waals surface area contributed by atoms with Crippen molar-refractivity contribution in [3.8, 4) is 27.3 Å². The van der Waals surface area contributed by atoms with E-state index < -0.39 is 5.97 Å². The summed E-state index contributed by atoms with van der Waals surface area (Å²) in [5.41, 5.74) is 13.7. The zero-order chi connectivity index (χ0) is 27.0. The number of anilines is 1. The van der Waals surface area contributed by atoms with Crippen LogP contribution in [0.4, 0.5) is 5.69 Å². The Morgan fingerprint density at radius 2 is 1.82 bits per heavy atom. The number of fused-ring (bicyclic) bond motifs is 3. The number of carbonyl (C=O) groups is 2. The number of carbonyl (C=O) groups excluding carboxylic acids is 2. The topological polar surface area (TPSA) is 104 Å². The molecule has 0 aliphatic carbocycles. The highest BCUT2D eigenvalue weighted by molar-refractivity contribution is 7.13. The van der Waals surface area contributed by atoms with E-state index in [0.717, 1.165) is 39.2 Å². The Hall–Kier alpha value is -4.01. The van der Waals surface area contributed by atoms with Gasteiger partial charge in [0.25, 0.3) is 5.91 Å². The molecule has 0 radical (unpaired) electrons. The van der Waals surface area contributed by atoms with E-state index in [4.69, 9.17) is 15.2 Å². The first-order chi connectivity index (χ1) is 18.3. The number of amides is 1. The molecule has 2 aromatic carbocycles. The first-order valence-corrected chi connectivity index (χ1v) is 13.2. The maximum absolute atomic E-state index is 14.0. The molecular weight excluding hydrogens is 498 g/mol. The van der Waals surface area contributed by atoms with E-state index in [1.807, 2.05) is 44.2 Å². The van der Waals surface area contributed by atoms with Crippen LogP contribution in [0.3, 0.4) is 0 Å². The average Bonchev–Trinajstić information content (AvgIpc) is 3.31. The Morgan fingerprint density at radius 1 is 1.05 bits per heavy atom. The summed E-state index contributed by atoms with van der Waals surface area (Å²) in [5.74, 6) is -0.211. The molecule has 1 amide bonds. The van der Waals surface area contributed by atoms with Gasteiger partial charge >= 0.3 is 5.97 Å². The van der Waals surface area contributed by atoms with Crippen LogP contribution in [0.1, 0.15) is 48.8 Å². The third-order valence-electron chi connectivity index (χ3n) is 6.75. The molecule has 1 aliphatic rings. The first-order valence-electron chi connectivity index (χ1n) is 12.4. The number of esters is 1. The summed E-state index contributed by atoms with van der Waals surface area (Å²) in [6, 6.07) is 13.4. The van der Waals surface area contributed by atoms with Crippen LogP contribution in [0, 0.1) is 20.8 Å². The third kappa shape index (κ3) is 4.68. The lowest BCUT2D eigenvalue weighted by molar-refractivity contribution is 0.0594. The molecule has 8 heteroatoms. The van der Waals surface area contributed by atoms with Crippen LogP contribution >= 0.6 is 11.3 Å². The van der Waals surface area contributed by atoms with Gasteiger partial charge in [0.15, 0.2) is 5.69 Å². The molecule has 0 fully saturated rings. The quantitative estimate of drug-likeness (QED) is 0.316. The van der Waals surface area contributed by atoms with Gasteiger partial charge in [-0.3, -0.25) is 4.79 Å². The maximum atomic E-state index is 14.0. The van der Waals surface area contributed by atoms with Crippen LogP contribution in [-0.2, 0) is 17.7 Å². The Balaban J connectivity index is 1.71. The van der Waals surface area contributed by atoms with Gasteiger partial charge in [-0.15, -0.1) is 11.3 Å². The Bertz CT molecular complexity index is 1550. The zero-order valence-corrected chi connectivity index (χ0v) is 22.6. The number of hydrogen-bond donors (Lipinski definition) is 2. The van der Waals surface area contributed by atoms with Gasteiger partial charge in [0.1, 0.15) is 5.75 Å². The van der Waals surface area contributed by atoms with E-state index in [2.05, 4.69) is 21.7 Å². The number of benzene rings is 2. The number of nitrogens with one attached hydrogen (secondary N) is 1. The van der Waals surface area contributed by atoms with E-state index in [9.17, 15) is 9.59 Å². The molecule has 5 rings (SSSR count). The molecule has 2 aromatic heterocycles. The lowest BCUT2D eigenvalue weighted by Gasteiger charge is -2.18. The van der Waals surface area contributed by atoms with Crippen molar-refractivity contribution in [2.24, 2.45) is 5.73 Å². The Kier molecular flexibility index (Phi) is 7.01. The summed E-state index contributed by atoms with van der Waals surface area (Å²) in [6.07, 6.45) is 0.774. The second-order valence-corrected chi connectivity index (χ2v) is 10.3. The Morgan fingerprint density at radius 3 is 2.53 bits per heavy atom. The van der Waals surface area contributed by atoms with Crippen molar-refractivity contribution in [1.29, 1.82) is 0 Å². The molecule has 3 heterocycles. The van der Waals surface area contributed by atoms with Gasteiger partial charge in [-0.2, -0.15) is 0 Å². The lowest BCUT2D eigenvalue weighted by Crippen LogP contribution is -2.17. The third-order valence-corrected chi connectivity index (χ3v) is 7.74. The predicted octanol–water partition coefficient (Wildman–Crippen LogP) is 5.83. The minimum Gasteiger partial charge on any atom is -0.493 e. The monoisotopic (exact) mass is 527 g/mol. The lowest BCUT2D eigenvalue weighted by atomic mass is 9.93. The number of nitrogens with zero attached hydrogens (tertiary/aromatic N) is 1. The highest BCUT2D eigenvalue weighted by Crippen LogP contribution is 2.43. The normalized spacial score (nSPS) is 12.1. The number of hydrogen-bond acceptors (Lipinski definition) is 7. The smallest absolute Gasteiger partial charge is 0.357 e. The fraction of sp³-hybridized carbons (Fsp3) is 0.233. The molecule has 0 spiro atoms. The largest absolute Gasteiger partial charge is 0.493 e. The second-order valence-electron chi connectivity index (χ2n) is 9.37. The molecule has 0 saturated carbocycles. The number of aryl methyl sites for hydroxylation is 3. The first kappa shape index (κ1) is 25.6. The summed E-state index contributed by atoms with van der Waals surface area (Å²) < 4.78 is 11.2. The van der Waals surface area contributed by atoms with Crippen LogP contribution in [-0.4, -0.2) is 30.6 Å². The number of nitrogens with two attached hydrogens (primary N) is 1. The molecule has 0 saturated heterocycles. The van der Waals surface area contributed by atoms with Crippen LogP contribution in [0.25, 0.3) is 21.6 Å². The van der Waals surface area contributed by atoms with Crippen molar-refractivity contribution >= 4 is 28.9 Å². The van der Waals surface area contributed by atoms with Crippen molar-refractivity contribution in [3.63, 3.8) is 0 Å². The highest BCUT2D eigenvalue weighted by atomic mass is 32.1. The van der Waals surface area contributed by atoms with E-state index in [-0.39, 0.29) is 11.6 Å². The molecule has 0 unspecified atom stereocenters. The van der Waals surface area contributed by atoms with Gasteiger partial charge in [0, 0.05) is 51.5 Å². The van der Waals surface area contributed by atoms with Crippen molar-refractivity contribution in [2.75, 3.05) is 19.0 Å². The van der Waals surface area contributed by atoms with Crippen molar-refractivity contribution in [1.82, 2.24) is 4.98 Å². The summed E-state index contributed by atoms with van der Waals surface area (Å²) in [6.45, 7) is 6.64. The van der Waals surface area contributed by atoms with Crippen LogP contribution in [0.5, 0.6) is 5.75 Å². The maximum Gasteiger partial charge on any atom is 0.357 e. The summed E-state index contributed by atoms with van der Waals surface area (Å²) in [4.78, 5) is 32.3. The summed E-state index contributed by atoms with van der Waals surface area (Å²) in [7, 11) is 1.32. The highest BCUT2D eigenvalue weighted by Gasteiger charge is 2.26. The van der Waals surface area contributed by atoms with E-state index >= 15 is 0 Å². The van der Waals surface area contributed by atoms with Gasteiger partial charge in [0.05, 0.1) is 13.7 Å². The molecule has 38 heavy (non-hydrogen) atoms. The van der Waals surface area contributed by atoms with Crippen molar-refractivity contribution < 1.29 is 19.1 Å². The van der Waals surface area contributed by atoms with Gasteiger partial charge < -0.3 is 20.5 Å². The molecule has 194 valence electrons. The number of methoxy groups -OCH3 is 1. The van der Waals surface area contributed by atoms with Gasteiger partial charge in [-0.05, 0) is 72.7 Å². The number of rotatable bonds is 5. The molecule has 7 nitrogen and oxygen atoms in total. The molecule has 4 aromatic rings. The molecule has 0 bridgehead atoms. The van der Waals surface area contributed by atoms with Crippen molar-refractivity contribution in [3.05, 3.63) is 87.0 Å². The fourth-order valence-corrected chi connectivity index (χ4v) is 5.88. The minimum atomic E-state index is -0.574. The molecule has 1 aliphatic heterocycles. The van der Waals surface area contributed by atoms with Crippen LogP contribution in [0.15, 0.2) is 47.8 Å². The molecular formula is C30H29N3O4S. The van der Waals surface area contributed by atoms with Crippen molar-refractivity contribution in [2.45, 2.75) is 33.7 Å². The minimum absolute atomic E-state index is 0.145. The molecule has 0 atom stereocenters. The molecule has 3 N–H and O–H groups in total. The van der Waals surface area contributed by atoms with E-state index in [1.54, 1.807) is 24.3 Å². The summed E-state index contributed by atoms with van der Waals surface area (Å²) >= 11 is 1.62. The van der Waals surface area contributed by atoms with Gasteiger partial charge in [-0.25, -0.2) is 9.78 Å². The number of ether oxygens (including phenoxy) is 2. The van der Waals surface area contributed by atoms with Gasteiger partial charge in [-0.1, -0.05) is 18.2 Å². The standard InChI is InChI=1S/C30H29N3O4S/c1-16-11-19(15-31)12-17(2)26(16)33-29(34)23-13-24-25(37-9-7-20-8-10-38-28(20)24)14-22(23)21-6-5-18(3)32-27(21)30(35)36-4/h5-6,8,10-14H,7,9,15,31H2,1-4H3,(H,33,34). The fourth-order valence-electron chi connectivity index (χ4n) is 4.90. The Labute approximate surface area is 225 Å². The van der Waals surface area contributed by atoms with Crippen LogP contribution < -0.4 is 15.8 Å². The average molecular weight is 528 g/mol. The number of aromatic nitrogens is 1. The van der Waals surface area contributed by atoms with Crippen LogP contribution in [0.2, 0.25) is 0 Å². The SMILES string of the molecule is COC(=O)c1nc(C)ccc1-c1cc2c(cc1C(=O)Nc1c(C)cc(CN)cc1C)-c1sccc1CCO2. The van der Waals surface area contributed by atoms with E-state index in [1.165, 1.54) is 12.7 Å². The number of pyridine rings is 1. The second kappa shape index (κ2) is 10.4. The number of thiophene rings is 1. The predicted molar refractivity (Wildman–Crippen MR) is 150 cm³/mol. The van der Waals surface area contributed by atoms with Gasteiger partial charge in [0.2, 0.25) is 0 Å². The van der Waals surface area contributed by atoms with E-state index in [0.29, 0.717) is 41.3 Å².